The predicted molar refractivity (Wildman–Crippen MR) is 159 cm³/mol. The molecule has 218 valence electrons. The molecule has 2 atom stereocenters. The first kappa shape index (κ1) is 28.0. The Morgan fingerprint density at radius 1 is 0.952 bits per heavy atom. The number of nitrogens with zero attached hydrogens (tertiary/aromatic N) is 1. The summed E-state index contributed by atoms with van der Waals surface area (Å²) in [6.07, 6.45) is 1.52. The van der Waals surface area contributed by atoms with E-state index < -0.39 is 23.1 Å². The number of hydrogen-bond donors (Lipinski definition) is 3. The van der Waals surface area contributed by atoms with Gasteiger partial charge in [-0.3, -0.25) is 9.69 Å². The number of nitrogens with one attached hydrogen (secondary N) is 2. The maximum Gasteiger partial charge on any atom is 0.407 e. The fraction of sp³-hybridized carbons (Fsp3) is 0.382. The lowest BCUT2D eigenvalue weighted by molar-refractivity contribution is -0.147. The van der Waals surface area contributed by atoms with Gasteiger partial charge in [0.25, 0.3) is 0 Å². The third kappa shape index (κ3) is 5.63. The van der Waals surface area contributed by atoms with Crippen molar-refractivity contribution in [1.29, 1.82) is 0 Å². The molecule has 2 amide bonds. The van der Waals surface area contributed by atoms with Gasteiger partial charge in [-0.25, -0.2) is 9.59 Å². The number of carboxylic acids is 1. The molecule has 3 N–H and O–H groups in total. The third-order valence-electron chi connectivity index (χ3n) is 9.12. The van der Waals surface area contributed by atoms with Crippen molar-refractivity contribution in [2.45, 2.75) is 56.1 Å². The van der Waals surface area contributed by atoms with Crippen LogP contribution in [0.3, 0.4) is 0 Å². The molecule has 0 spiro atoms. The van der Waals surface area contributed by atoms with E-state index in [1.165, 1.54) is 0 Å². The fourth-order valence-electron chi connectivity index (χ4n) is 6.72. The van der Waals surface area contributed by atoms with Crippen LogP contribution < -0.4 is 10.6 Å². The summed E-state index contributed by atoms with van der Waals surface area (Å²) >= 11 is 0. The number of aliphatic carboxylic acids is 1. The van der Waals surface area contributed by atoms with Gasteiger partial charge in [-0.15, -0.1) is 0 Å². The lowest BCUT2D eigenvalue weighted by Crippen LogP contribution is -2.59. The van der Waals surface area contributed by atoms with Gasteiger partial charge in [0.2, 0.25) is 5.91 Å². The maximum atomic E-state index is 13.4. The molecule has 2 aliphatic carbocycles. The number of alkyl carbamates (subject to hydrolysis) is 1. The minimum absolute atomic E-state index is 0.0183. The van der Waals surface area contributed by atoms with Crippen molar-refractivity contribution >= 4 is 18.0 Å². The lowest BCUT2D eigenvalue weighted by atomic mass is 9.90. The smallest absolute Gasteiger partial charge is 0.407 e. The molecule has 0 aromatic heterocycles. The second kappa shape index (κ2) is 11.2. The van der Waals surface area contributed by atoms with Gasteiger partial charge in [0.1, 0.15) is 6.61 Å². The van der Waals surface area contributed by atoms with Crippen LogP contribution in [0.1, 0.15) is 55.2 Å². The number of carboxylic acid groups (broad SMARTS) is 1. The molecule has 2 fully saturated rings. The van der Waals surface area contributed by atoms with Crippen molar-refractivity contribution in [2.75, 3.05) is 19.7 Å². The molecule has 0 radical (unpaired) electrons. The summed E-state index contributed by atoms with van der Waals surface area (Å²) in [6, 6.07) is 26.2. The maximum absolute atomic E-state index is 13.4. The van der Waals surface area contributed by atoms with E-state index in [9.17, 15) is 19.5 Å². The van der Waals surface area contributed by atoms with Gasteiger partial charge in [0.05, 0.1) is 5.54 Å². The highest BCUT2D eigenvalue weighted by Gasteiger charge is 2.49. The molecular formula is C34H37N3O5. The Labute approximate surface area is 246 Å². The number of amides is 2. The molecule has 3 aromatic carbocycles. The number of fused-ring (bicyclic) bond motifs is 3. The molecule has 1 saturated heterocycles. The van der Waals surface area contributed by atoms with Gasteiger partial charge in [-0.2, -0.15) is 0 Å². The zero-order chi connectivity index (χ0) is 29.3. The molecule has 1 saturated carbocycles. The van der Waals surface area contributed by atoms with Crippen molar-refractivity contribution < 1.29 is 24.2 Å². The minimum Gasteiger partial charge on any atom is -0.479 e. The highest BCUT2D eigenvalue weighted by Crippen LogP contribution is 2.45. The van der Waals surface area contributed by atoms with Crippen molar-refractivity contribution in [2.24, 2.45) is 5.92 Å². The Hall–Kier alpha value is -4.17. The van der Waals surface area contributed by atoms with Crippen LogP contribution in [0, 0.1) is 5.92 Å². The molecule has 0 bridgehead atoms. The van der Waals surface area contributed by atoms with Crippen LogP contribution in [-0.4, -0.2) is 58.8 Å². The van der Waals surface area contributed by atoms with Gasteiger partial charge in [0, 0.05) is 32.0 Å². The van der Waals surface area contributed by atoms with E-state index >= 15 is 0 Å². The zero-order valence-electron chi connectivity index (χ0n) is 23.8. The monoisotopic (exact) mass is 567 g/mol. The predicted octanol–water partition coefficient (Wildman–Crippen LogP) is 4.93. The Bertz CT molecular complexity index is 1440. The van der Waals surface area contributed by atoms with Crippen LogP contribution in [0.25, 0.3) is 11.1 Å². The Kier molecular flexibility index (Phi) is 7.49. The molecule has 1 heterocycles. The first-order chi connectivity index (χ1) is 20.3. The Balaban J connectivity index is 1.08. The lowest BCUT2D eigenvalue weighted by Gasteiger charge is -2.33. The second-order valence-corrected chi connectivity index (χ2v) is 12.2. The number of hydrogen-bond acceptors (Lipinski definition) is 5. The van der Waals surface area contributed by atoms with Gasteiger partial charge < -0.3 is 20.5 Å². The van der Waals surface area contributed by atoms with E-state index in [1.54, 1.807) is 0 Å². The summed E-state index contributed by atoms with van der Waals surface area (Å²) in [5.41, 5.74) is 3.47. The molecule has 1 aliphatic heterocycles. The molecule has 8 nitrogen and oxygen atoms in total. The van der Waals surface area contributed by atoms with Crippen LogP contribution in [0.4, 0.5) is 4.79 Å². The van der Waals surface area contributed by atoms with Gasteiger partial charge in [-0.05, 0) is 59.9 Å². The summed E-state index contributed by atoms with van der Waals surface area (Å²) in [4.78, 5) is 40.9. The molecule has 42 heavy (non-hydrogen) atoms. The number of benzene rings is 3. The summed E-state index contributed by atoms with van der Waals surface area (Å²) in [7, 11) is 0. The third-order valence-corrected chi connectivity index (χ3v) is 9.12. The van der Waals surface area contributed by atoms with Crippen LogP contribution in [0.5, 0.6) is 0 Å². The topological polar surface area (TPSA) is 108 Å². The summed E-state index contributed by atoms with van der Waals surface area (Å²) in [5.74, 6) is -1.35. The van der Waals surface area contributed by atoms with Crippen LogP contribution in [0.2, 0.25) is 0 Å². The number of carbonyl (C=O) groups excluding carboxylic acids is 2. The number of ether oxygens (including phenoxy) is 1. The van der Waals surface area contributed by atoms with Crippen LogP contribution >= 0.6 is 0 Å². The Morgan fingerprint density at radius 3 is 2.19 bits per heavy atom. The van der Waals surface area contributed by atoms with Crippen LogP contribution in [-0.2, 0) is 20.9 Å². The molecule has 2 unspecified atom stereocenters. The van der Waals surface area contributed by atoms with E-state index in [4.69, 9.17) is 4.74 Å². The molecule has 8 heteroatoms. The zero-order valence-corrected chi connectivity index (χ0v) is 23.8. The van der Waals surface area contributed by atoms with Crippen molar-refractivity contribution in [1.82, 2.24) is 15.5 Å². The number of likely N-dealkylation sites (tertiary alicyclic amines) is 1. The summed E-state index contributed by atoms with van der Waals surface area (Å²) < 4.78 is 5.77. The highest BCUT2D eigenvalue weighted by molar-refractivity contribution is 5.88. The summed E-state index contributed by atoms with van der Waals surface area (Å²) in [5, 5.41) is 16.0. The van der Waals surface area contributed by atoms with E-state index in [0.29, 0.717) is 19.5 Å². The van der Waals surface area contributed by atoms with Crippen molar-refractivity contribution in [3.05, 3.63) is 95.6 Å². The first-order valence-corrected chi connectivity index (χ1v) is 14.7. The fourth-order valence-corrected chi connectivity index (χ4v) is 6.72. The quantitative estimate of drug-likeness (QED) is 0.321. The highest BCUT2D eigenvalue weighted by atomic mass is 16.5. The number of rotatable bonds is 10. The minimum atomic E-state index is -1.36. The normalized spacial score (nSPS) is 21.2. The van der Waals surface area contributed by atoms with E-state index in [1.807, 2.05) is 61.5 Å². The van der Waals surface area contributed by atoms with Crippen molar-refractivity contribution in [3.8, 4) is 11.1 Å². The molecule has 6 rings (SSSR count). The largest absolute Gasteiger partial charge is 0.479 e. The van der Waals surface area contributed by atoms with E-state index in [0.717, 1.165) is 40.7 Å². The van der Waals surface area contributed by atoms with Crippen molar-refractivity contribution in [3.63, 3.8) is 0 Å². The average molecular weight is 568 g/mol. The van der Waals surface area contributed by atoms with E-state index in [-0.39, 0.29) is 37.3 Å². The Morgan fingerprint density at radius 2 is 1.57 bits per heavy atom. The van der Waals surface area contributed by atoms with Gasteiger partial charge in [-0.1, -0.05) is 78.9 Å². The first-order valence-electron chi connectivity index (χ1n) is 14.7. The molecule has 3 aromatic rings. The van der Waals surface area contributed by atoms with E-state index in [2.05, 4.69) is 39.8 Å². The number of carbonyl (C=O) groups is 3. The molecular weight excluding hydrogens is 530 g/mol. The summed E-state index contributed by atoms with van der Waals surface area (Å²) in [6.45, 7) is 3.46. The molecule has 3 aliphatic rings. The van der Waals surface area contributed by atoms with Crippen LogP contribution in [0.15, 0.2) is 78.9 Å². The second-order valence-electron chi connectivity index (χ2n) is 12.2. The average Bonchev–Trinajstić information content (AvgIpc) is 3.70. The van der Waals surface area contributed by atoms with Gasteiger partial charge >= 0.3 is 12.1 Å². The van der Waals surface area contributed by atoms with Gasteiger partial charge in [0.15, 0.2) is 5.54 Å². The SMILES string of the molecule is CC(CC(=O)NC1(C(=O)O)CCN(Cc2ccccc2)C1)(NC(=O)OCC1c2ccccc2-c2ccccc21)C1CC1. The standard InChI is InChI=1S/C34H37N3O5/c1-33(24-15-16-24,19-30(38)35-34(31(39)40)17-18-37(22-34)20-23-9-3-2-4-10-23)36-32(41)42-21-29-27-13-7-5-11-25(27)26-12-6-8-14-28(26)29/h2-14,24,29H,15-22H2,1H3,(H,35,38)(H,36,41)(H,39,40).